The molecule has 8 heteroatoms. The fourth-order valence-corrected chi connectivity index (χ4v) is 2.45. The summed E-state index contributed by atoms with van der Waals surface area (Å²) in [5, 5.41) is 2.73. The number of carbonyl (C=O) groups is 2. The van der Waals surface area contributed by atoms with Gasteiger partial charge in [-0.25, -0.2) is 8.78 Å². The number of nitrogens with one attached hydrogen (secondary N) is 1. The van der Waals surface area contributed by atoms with Crippen LogP contribution in [0.4, 0.5) is 8.78 Å². The van der Waals surface area contributed by atoms with Crippen molar-refractivity contribution >= 4 is 23.4 Å². The van der Waals surface area contributed by atoms with Crippen LogP contribution in [0.1, 0.15) is 12.5 Å². The van der Waals surface area contributed by atoms with Crippen molar-refractivity contribution in [1.82, 2.24) is 10.2 Å². The van der Waals surface area contributed by atoms with Gasteiger partial charge in [0.05, 0.1) is 11.6 Å². The molecular weight excluding hydrogens is 378 g/mol. The van der Waals surface area contributed by atoms with E-state index in [1.807, 2.05) is 0 Å². The lowest BCUT2D eigenvalue weighted by atomic mass is 10.2. The van der Waals surface area contributed by atoms with Crippen LogP contribution in [0.15, 0.2) is 42.5 Å². The third-order valence-electron chi connectivity index (χ3n) is 3.72. The molecule has 0 aliphatic carbocycles. The van der Waals surface area contributed by atoms with Gasteiger partial charge in [-0.15, -0.1) is 0 Å². The van der Waals surface area contributed by atoms with Crippen molar-refractivity contribution < 1.29 is 23.1 Å². The van der Waals surface area contributed by atoms with E-state index in [2.05, 4.69) is 5.32 Å². The second-order valence-electron chi connectivity index (χ2n) is 5.67. The normalized spacial score (nSPS) is 10.4. The minimum Gasteiger partial charge on any atom is -0.482 e. The predicted molar refractivity (Wildman–Crippen MR) is 97.4 cm³/mol. The van der Waals surface area contributed by atoms with Gasteiger partial charge in [-0.1, -0.05) is 23.7 Å². The molecule has 0 atom stereocenters. The molecule has 0 heterocycles. The summed E-state index contributed by atoms with van der Waals surface area (Å²) in [6.45, 7) is 1.80. The zero-order valence-corrected chi connectivity index (χ0v) is 15.4. The van der Waals surface area contributed by atoms with E-state index in [1.165, 1.54) is 29.2 Å². The number of rotatable bonds is 8. The summed E-state index contributed by atoms with van der Waals surface area (Å²) in [6.07, 6.45) is 0. The van der Waals surface area contributed by atoms with Crippen molar-refractivity contribution in [2.75, 3.05) is 19.7 Å². The van der Waals surface area contributed by atoms with E-state index in [0.29, 0.717) is 6.54 Å². The van der Waals surface area contributed by atoms with Gasteiger partial charge in [0.1, 0.15) is 17.4 Å². The van der Waals surface area contributed by atoms with Gasteiger partial charge in [0.2, 0.25) is 5.91 Å². The van der Waals surface area contributed by atoms with Crippen LogP contribution >= 0.6 is 11.6 Å². The number of benzene rings is 2. The molecule has 0 aliphatic heterocycles. The van der Waals surface area contributed by atoms with Crippen LogP contribution in [0.5, 0.6) is 5.75 Å². The van der Waals surface area contributed by atoms with Gasteiger partial charge >= 0.3 is 0 Å². The van der Waals surface area contributed by atoms with E-state index >= 15 is 0 Å². The SMILES string of the molecule is CCN(CC(=O)NCc1ccc(F)cc1)C(=O)COc1ccc(F)cc1Cl. The van der Waals surface area contributed by atoms with Crippen LogP contribution in [0, 0.1) is 11.6 Å². The number of hydrogen-bond acceptors (Lipinski definition) is 3. The molecule has 0 bridgehead atoms. The van der Waals surface area contributed by atoms with Gasteiger partial charge in [-0.05, 0) is 42.8 Å². The zero-order valence-electron chi connectivity index (χ0n) is 14.7. The highest BCUT2D eigenvalue weighted by atomic mass is 35.5. The molecule has 2 aromatic rings. The second-order valence-corrected chi connectivity index (χ2v) is 6.08. The number of ether oxygens (including phenoxy) is 1. The van der Waals surface area contributed by atoms with Crippen LogP contribution in [-0.4, -0.2) is 36.4 Å². The lowest BCUT2D eigenvalue weighted by Crippen LogP contribution is -2.42. The fraction of sp³-hybridized carbons (Fsp3) is 0.263. The first-order chi connectivity index (χ1) is 12.9. The van der Waals surface area contributed by atoms with Gasteiger partial charge in [0, 0.05) is 13.1 Å². The van der Waals surface area contributed by atoms with Crippen molar-refractivity contribution in [3.05, 3.63) is 64.7 Å². The summed E-state index contributed by atoms with van der Waals surface area (Å²) in [4.78, 5) is 25.6. The van der Waals surface area contributed by atoms with Gasteiger partial charge in [-0.3, -0.25) is 9.59 Å². The highest BCUT2D eigenvalue weighted by Gasteiger charge is 2.17. The minimum absolute atomic E-state index is 0.0582. The molecular formula is C19H19ClF2N2O3. The van der Waals surface area contributed by atoms with Crippen molar-refractivity contribution in [3.8, 4) is 5.75 Å². The molecule has 2 amide bonds. The maximum absolute atomic E-state index is 13.0. The minimum atomic E-state index is -0.508. The molecule has 0 radical (unpaired) electrons. The summed E-state index contributed by atoms with van der Waals surface area (Å²) < 4.78 is 31.2. The standard InChI is InChI=1S/C19H19ClF2N2O3/c1-2-24(11-18(25)23-10-13-3-5-14(21)6-4-13)19(26)12-27-17-8-7-15(22)9-16(17)20/h3-9H,2,10-12H2,1H3,(H,23,25). The molecule has 0 aliphatic rings. The average Bonchev–Trinajstić information content (AvgIpc) is 2.64. The Hall–Kier alpha value is -2.67. The topological polar surface area (TPSA) is 58.6 Å². The number of hydrogen-bond donors (Lipinski definition) is 1. The van der Waals surface area contributed by atoms with Crippen LogP contribution in [0.25, 0.3) is 0 Å². The Morgan fingerprint density at radius 1 is 1.11 bits per heavy atom. The first-order valence-corrected chi connectivity index (χ1v) is 8.63. The highest BCUT2D eigenvalue weighted by Crippen LogP contribution is 2.24. The summed E-state index contributed by atoms with van der Waals surface area (Å²) >= 11 is 5.84. The van der Waals surface area contributed by atoms with E-state index in [-0.39, 0.29) is 42.2 Å². The van der Waals surface area contributed by atoms with Crippen LogP contribution in [0.3, 0.4) is 0 Å². The summed E-state index contributed by atoms with van der Waals surface area (Å²) in [5.41, 5.74) is 0.744. The largest absolute Gasteiger partial charge is 0.482 e. The van der Waals surface area contributed by atoms with Gasteiger partial charge in [0.15, 0.2) is 6.61 Å². The number of likely N-dealkylation sites (N-methyl/N-ethyl adjacent to an activating group) is 1. The Balaban J connectivity index is 1.82. The Morgan fingerprint density at radius 3 is 2.41 bits per heavy atom. The average molecular weight is 397 g/mol. The lowest BCUT2D eigenvalue weighted by Gasteiger charge is -2.20. The van der Waals surface area contributed by atoms with Gasteiger partial charge in [-0.2, -0.15) is 0 Å². The van der Waals surface area contributed by atoms with Crippen molar-refractivity contribution in [3.63, 3.8) is 0 Å². The molecule has 27 heavy (non-hydrogen) atoms. The summed E-state index contributed by atoms with van der Waals surface area (Å²) in [7, 11) is 0. The third-order valence-corrected chi connectivity index (χ3v) is 4.01. The third kappa shape index (κ3) is 6.53. The van der Waals surface area contributed by atoms with Crippen molar-refractivity contribution in [1.29, 1.82) is 0 Å². The highest BCUT2D eigenvalue weighted by molar-refractivity contribution is 6.32. The summed E-state index contributed by atoms with van der Waals surface area (Å²) in [6, 6.07) is 9.34. The fourth-order valence-electron chi connectivity index (χ4n) is 2.23. The Morgan fingerprint density at radius 2 is 1.78 bits per heavy atom. The number of nitrogens with zero attached hydrogens (tertiary/aromatic N) is 1. The Labute approximate surface area is 160 Å². The molecule has 2 rings (SSSR count). The van der Waals surface area contributed by atoms with E-state index < -0.39 is 11.7 Å². The van der Waals surface area contributed by atoms with Crippen LogP contribution in [0.2, 0.25) is 5.02 Å². The molecule has 0 spiro atoms. The van der Waals surface area contributed by atoms with Crippen molar-refractivity contribution in [2.24, 2.45) is 0 Å². The molecule has 0 fully saturated rings. The maximum Gasteiger partial charge on any atom is 0.260 e. The van der Waals surface area contributed by atoms with Gasteiger partial charge in [0.25, 0.3) is 5.91 Å². The lowest BCUT2D eigenvalue weighted by molar-refractivity contribution is -0.137. The molecule has 144 valence electrons. The smallest absolute Gasteiger partial charge is 0.260 e. The Bertz CT molecular complexity index is 800. The molecule has 0 unspecified atom stereocenters. The zero-order chi connectivity index (χ0) is 19.8. The van der Waals surface area contributed by atoms with E-state index in [4.69, 9.17) is 16.3 Å². The first-order valence-electron chi connectivity index (χ1n) is 8.25. The second kappa shape index (κ2) is 9.87. The molecule has 0 saturated heterocycles. The summed E-state index contributed by atoms with van der Waals surface area (Å²) in [5.74, 6) is -1.44. The van der Waals surface area contributed by atoms with Crippen LogP contribution < -0.4 is 10.1 Å². The molecule has 2 aromatic carbocycles. The molecule has 0 aromatic heterocycles. The predicted octanol–water partition coefficient (Wildman–Crippen LogP) is 3.16. The number of amides is 2. The van der Waals surface area contributed by atoms with E-state index in [0.717, 1.165) is 11.6 Å². The monoisotopic (exact) mass is 396 g/mol. The van der Waals surface area contributed by atoms with Crippen molar-refractivity contribution in [2.45, 2.75) is 13.5 Å². The van der Waals surface area contributed by atoms with E-state index in [9.17, 15) is 18.4 Å². The van der Waals surface area contributed by atoms with Gasteiger partial charge < -0.3 is 15.0 Å². The van der Waals surface area contributed by atoms with Crippen LogP contribution in [-0.2, 0) is 16.1 Å². The quantitative estimate of drug-likeness (QED) is 0.745. The maximum atomic E-state index is 13.0. The van der Waals surface area contributed by atoms with E-state index in [1.54, 1.807) is 19.1 Å². The molecule has 5 nitrogen and oxygen atoms in total. The first kappa shape index (κ1) is 20.6. The molecule has 0 saturated carbocycles. The number of carbonyl (C=O) groups excluding carboxylic acids is 2. The Kier molecular flexibility index (Phi) is 7.55. The number of halogens is 3. The molecule has 1 N–H and O–H groups in total.